The highest BCUT2D eigenvalue weighted by Gasteiger charge is 1.90. The molecule has 0 spiro atoms. The van der Waals surface area contributed by atoms with Crippen LogP contribution in [-0.4, -0.2) is 10.2 Å². The molecule has 0 aliphatic carbocycles. The number of phenolic OH excluding ortho intramolecular Hbond substituents is 1. The van der Waals surface area contributed by atoms with Crippen LogP contribution in [-0.2, 0) is 6.42 Å². The number of rotatable bonds is 3. The smallest absolute Gasteiger partial charge is 0.115 e. The molecule has 0 unspecified atom stereocenters. The Kier molecular flexibility index (Phi) is 3.80. The van der Waals surface area contributed by atoms with Crippen molar-refractivity contribution in [2.45, 2.75) is 13.3 Å². The second-order valence-electron chi connectivity index (χ2n) is 2.99. The highest BCUT2D eigenvalue weighted by molar-refractivity contribution is 5.27. The SMILES string of the molecule is C/C=C(O)\C=C/Cc1ccc(O)cc1. The van der Waals surface area contributed by atoms with Gasteiger partial charge in [-0.2, -0.15) is 0 Å². The summed E-state index contributed by atoms with van der Waals surface area (Å²) in [6.07, 6.45) is 5.92. The third-order valence-electron chi connectivity index (χ3n) is 1.87. The van der Waals surface area contributed by atoms with Crippen molar-refractivity contribution >= 4 is 0 Å². The Labute approximate surface area is 83.8 Å². The van der Waals surface area contributed by atoms with Gasteiger partial charge in [0.2, 0.25) is 0 Å². The van der Waals surface area contributed by atoms with Crippen LogP contribution >= 0.6 is 0 Å². The van der Waals surface area contributed by atoms with Gasteiger partial charge in [0.15, 0.2) is 0 Å². The van der Waals surface area contributed by atoms with Crippen LogP contribution in [0.3, 0.4) is 0 Å². The molecule has 74 valence electrons. The Morgan fingerprint density at radius 1 is 1.29 bits per heavy atom. The Morgan fingerprint density at radius 3 is 2.50 bits per heavy atom. The van der Waals surface area contributed by atoms with Gasteiger partial charge in [-0.05, 0) is 43.2 Å². The molecule has 0 saturated heterocycles. The lowest BCUT2D eigenvalue weighted by atomic mass is 10.1. The van der Waals surface area contributed by atoms with Crippen molar-refractivity contribution < 1.29 is 10.2 Å². The fourth-order valence-electron chi connectivity index (χ4n) is 1.04. The Morgan fingerprint density at radius 2 is 1.93 bits per heavy atom. The molecule has 2 N–H and O–H groups in total. The zero-order chi connectivity index (χ0) is 10.4. The summed E-state index contributed by atoms with van der Waals surface area (Å²) in [4.78, 5) is 0. The second kappa shape index (κ2) is 5.12. The summed E-state index contributed by atoms with van der Waals surface area (Å²) in [6, 6.07) is 7.01. The minimum atomic E-state index is 0.267. The van der Waals surface area contributed by atoms with E-state index in [2.05, 4.69) is 0 Å². The Hall–Kier alpha value is -1.70. The van der Waals surface area contributed by atoms with Gasteiger partial charge in [-0.3, -0.25) is 0 Å². The Bertz CT molecular complexity index is 334. The van der Waals surface area contributed by atoms with E-state index in [1.54, 1.807) is 31.2 Å². The van der Waals surface area contributed by atoms with E-state index in [0.717, 1.165) is 12.0 Å². The van der Waals surface area contributed by atoms with Crippen LogP contribution in [0.4, 0.5) is 0 Å². The van der Waals surface area contributed by atoms with Crippen molar-refractivity contribution in [3.63, 3.8) is 0 Å². The predicted octanol–water partition coefficient (Wildman–Crippen LogP) is 2.95. The van der Waals surface area contributed by atoms with E-state index >= 15 is 0 Å². The normalized spacial score (nSPS) is 12.2. The van der Waals surface area contributed by atoms with Gasteiger partial charge in [0.1, 0.15) is 11.5 Å². The van der Waals surface area contributed by atoms with Gasteiger partial charge >= 0.3 is 0 Å². The first-order valence-corrected chi connectivity index (χ1v) is 4.52. The van der Waals surface area contributed by atoms with Crippen LogP contribution in [0.15, 0.2) is 48.3 Å². The molecule has 0 aromatic heterocycles. The Balaban J connectivity index is 2.54. The highest BCUT2D eigenvalue weighted by atomic mass is 16.3. The maximum atomic E-state index is 9.11. The second-order valence-corrected chi connectivity index (χ2v) is 2.99. The molecule has 1 aromatic rings. The van der Waals surface area contributed by atoms with E-state index < -0.39 is 0 Å². The van der Waals surface area contributed by atoms with Crippen LogP contribution in [0, 0.1) is 0 Å². The number of hydrogen-bond acceptors (Lipinski definition) is 2. The van der Waals surface area contributed by atoms with E-state index in [9.17, 15) is 0 Å². The molecule has 0 aliphatic heterocycles. The average Bonchev–Trinajstić information content (AvgIpc) is 2.21. The van der Waals surface area contributed by atoms with E-state index in [1.807, 2.05) is 18.2 Å². The van der Waals surface area contributed by atoms with Gasteiger partial charge in [-0.15, -0.1) is 0 Å². The summed E-state index contributed by atoms with van der Waals surface area (Å²) < 4.78 is 0. The average molecular weight is 190 g/mol. The number of allylic oxidation sites excluding steroid dienone is 3. The van der Waals surface area contributed by atoms with Crippen LogP contribution < -0.4 is 0 Å². The fraction of sp³-hybridized carbons (Fsp3) is 0.167. The number of hydrogen-bond donors (Lipinski definition) is 2. The van der Waals surface area contributed by atoms with E-state index in [-0.39, 0.29) is 11.5 Å². The van der Waals surface area contributed by atoms with Crippen molar-refractivity contribution in [3.05, 3.63) is 53.8 Å². The van der Waals surface area contributed by atoms with Crippen LogP contribution in [0.1, 0.15) is 12.5 Å². The van der Waals surface area contributed by atoms with Crippen LogP contribution in [0.5, 0.6) is 5.75 Å². The summed E-state index contributed by atoms with van der Waals surface area (Å²) in [7, 11) is 0. The predicted molar refractivity (Wildman–Crippen MR) is 57.3 cm³/mol. The van der Waals surface area contributed by atoms with Gasteiger partial charge in [0.25, 0.3) is 0 Å². The first-order valence-electron chi connectivity index (χ1n) is 4.52. The van der Waals surface area contributed by atoms with Gasteiger partial charge in [-0.25, -0.2) is 0 Å². The summed E-state index contributed by atoms with van der Waals surface area (Å²) >= 11 is 0. The summed E-state index contributed by atoms with van der Waals surface area (Å²) in [6.45, 7) is 1.78. The summed E-state index contributed by atoms with van der Waals surface area (Å²) in [5, 5.41) is 18.2. The van der Waals surface area contributed by atoms with Gasteiger partial charge in [-0.1, -0.05) is 18.2 Å². The van der Waals surface area contributed by atoms with E-state index in [4.69, 9.17) is 10.2 Å². The van der Waals surface area contributed by atoms with Crippen molar-refractivity contribution in [2.24, 2.45) is 0 Å². The topological polar surface area (TPSA) is 40.5 Å². The molecule has 1 rings (SSSR count). The lowest BCUT2D eigenvalue weighted by molar-refractivity contribution is 0.431. The fourth-order valence-corrected chi connectivity index (χ4v) is 1.04. The maximum absolute atomic E-state index is 9.11. The molecule has 0 heterocycles. The van der Waals surface area contributed by atoms with Gasteiger partial charge in [0, 0.05) is 0 Å². The zero-order valence-corrected chi connectivity index (χ0v) is 8.14. The number of phenols is 1. The maximum Gasteiger partial charge on any atom is 0.115 e. The molecule has 2 nitrogen and oxygen atoms in total. The van der Waals surface area contributed by atoms with Crippen molar-refractivity contribution in [3.8, 4) is 5.75 Å². The molecule has 1 aromatic carbocycles. The lowest BCUT2D eigenvalue weighted by Gasteiger charge is -1.96. The first kappa shape index (κ1) is 10.4. The molecule has 0 fully saturated rings. The van der Waals surface area contributed by atoms with E-state index in [0.29, 0.717) is 0 Å². The molecule has 0 radical (unpaired) electrons. The molecular formula is C12H14O2. The van der Waals surface area contributed by atoms with E-state index in [1.165, 1.54) is 0 Å². The third kappa shape index (κ3) is 3.35. The number of aliphatic hydroxyl groups is 1. The molecule has 0 saturated carbocycles. The van der Waals surface area contributed by atoms with Crippen LogP contribution in [0.25, 0.3) is 0 Å². The van der Waals surface area contributed by atoms with Crippen LogP contribution in [0.2, 0.25) is 0 Å². The van der Waals surface area contributed by atoms with Crippen molar-refractivity contribution in [1.82, 2.24) is 0 Å². The minimum Gasteiger partial charge on any atom is -0.508 e. The molecular weight excluding hydrogens is 176 g/mol. The molecule has 0 aliphatic rings. The standard InChI is InChI=1S/C12H14O2/c1-2-11(13)5-3-4-10-6-8-12(14)9-7-10/h2-3,5-9,13-14H,4H2,1H3/b5-3-,11-2+. The van der Waals surface area contributed by atoms with Gasteiger partial charge in [0.05, 0.1) is 0 Å². The highest BCUT2D eigenvalue weighted by Crippen LogP contribution is 2.10. The largest absolute Gasteiger partial charge is 0.508 e. The number of benzene rings is 1. The summed E-state index contributed by atoms with van der Waals surface area (Å²) in [5.41, 5.74) is 1.10. The molecule has 0 amide bonds. The lowest BCUT2D eigenvalue weighted by Crippen LogP contribution is -1.80. The molecule has 2 heteroatoms. The molecule has 14 heavy (non-hydrogen) atoms. The number of aliphatic hydroxyl groups excluding tert-OH is 1. The zero-order valence-electron chi connectivity index (χ0n) is 8.14. The summed E-state index contributed by atoms with van der Waals surface area (Å²) in [5.74, 6) is 0.540. The number of aromatic hydroxyl groups is 1. The third-order valence-corrected chi connectivity index (χ3v) is 1.87. The minimum absolute atomic E-state index is 0.267. The monoisotopic (exact) mass is 190 g/mol. The quantitative estimate of drug-likeness (QED) is 0.568. The van der Waals surface area contributed by atoms with Crippen molar-refractivity contribution in [2.75, 3.05) is 0 Å². The molecule has 0 bridgehead atoms. The van der Waals surface area contributed by atoms with Gasteiger partial charge < -0.3 is 10.2 Å². The molecule has 0 atom stereocenters. The first-order chi connectivity index (χ1) is 6.72. The van der Waals surface area contributed by atoms with Crippen molar-refractivity contribution in [1.29, 1.82) is 0 Å².